The van der Waals surface area contributed by atoms with Crippen molar-refractivity contribution in [3.63, 3.8) is 0 Å². The predicted molar refractivity (Wildman–Crippen MR) is 84.0 cm³/mol. The van der Waals surface area contributed by atoms with E-state index in [0.717, 1.165) is 6.07 Å². The lowest BCUT2D eigenvalue weighted by Gasteiger charge is -2.12. The van der Waals surface area contributed by atoms with Crippen LogP contribution in [0.15, 0.2) is 40.9 Å². The number of carbonyl (C=O) groups excluding carboxylic acids is 1. The minimum absolute atomic E-state index is 0.0458. The fourth-order valence-electron chi connectivity index (χ4n) is 1.71. The molecule has 5 N–H and O–H groups in total. The van der Waals surface area contributed by atoms with Crippen molar-refractivity contribution < 1.29 is 22.7 Å². The van der Waals surface area contributed by atoms with E-state index in [1.807, 2.05) is 0 Å². The summed E-state index contributed by atoms with van der Waals surface area (Å²) in [7, 11) is 0. The highest BCUT2D eigenvalue weighted by Crippen LogP contribution is 2.32. The molecule has 2 rings (SSSR count). The van der Waals surface area contributed by atoms with Crippen LogP contribution in [0.25, 0.3) is 0 Å². The van der Waals surface area contributed by atoms with Crippen LogP contribution >= 0.6 is 15.9 Å². The molecule has 23 heavy (non-hydrogen) atoms. The molecular weight excluding hydrogens is 379 g/mol. The monoisotopic (exact) mass is 389 g/mol. The van der Waals surface area contributed by atoms with Gasteiger partial charge in [0.25, 0.3) is 5.91 Å². The van der Waals surface area contributed by atoms with E-state index >= 15 is 0 Å². The Balaban J connectivity index is 2.15. The zero-order valence-electron chi connectivity index (χ0n) is 11.4. The summed E-state index contributed by atoms with van der Waals surface area (Å²) in [5.74, 6) is -0.889. The summed E-state index contributed by atoms with van der Waals surface area (Å²) < 4.78 is 40.4. The third-order valence-electron chi connectivity index (χ3n) is 2.76. The summed E-state index contributed by atoms with van der Waals surface area (Å²) in [5, 5.41) is 2.53. The Morgan fingerprint density at radius 1 is 1.09 bits per heavy atom. The molecule has 0 atom stereocenters. The zero-order chi connectivity index (χ0) is 17.2. The fraction of sp³-hybridized carbons (Fsp3) is 0.0714. The average molecular weight is 390 g/mol. The van der Waals surface area contributed by atoms with Gasteiger partial charge in [-0.2, -0.15) is 0 Å². The maximum atomic E-state index is 12.2. The number of halogens is 4. The molecule has 0 saturated heterocycles. The standard InChI is InChI=1S/C14H11BrF3N3O2/c15-9-6-8(2-4-12(9)23-14(16,17)18)21-13(22)7-1-3-10(19)11(20)5-7/h1-6H,19-20H2,(H,21,22). The Hall–Kier alpha value is -2.42. The molecular formula is C14H11BrF3N3O2. The van der Waals surface area contributed by atoms with Crippen LogP contribution in [-0.2, 0) is 0 Å². The van der Waals surface area contributed by atoms with Gasteiger partial charge >= 0.3 is 6.36 Å². The molecule has 0 unspecified atom stereocenters. The number of nitrogen functional groups attached to an aromatic ring is 2. The number of nitrogens with two attached hydrogens (primary N) is 2. The van der Waals surface area contributed by atoms with Crippen molar-refractivity contribution >= 4 is 38.9 Å². The van der Waals surface area contributed by atoms with Gasteiger partial charge in [-0.3, -0.25) is 4.79 Å². The van der Waals surface area contributed by atoms with Crippen molar-refractivity contribution in [2.75, 3.05) is 16.8 Å². The van der Waals surface area contributed by atoms with E-state index in [-0.39, 0.29) is 21.4 Å². The normalized spacial score (nSPS) is 11.1. The molecule has 2 aromatic rings. The van der Waals surface area contributed by atoms with Gasteiger partial charge in [-0.15, -0.1) is 13.2 Å². The van der Waals surface area contributed by atoms with Crippen LogP contribution in [0.1, 0.15) is 10.4 Å². The number of hydrogen-bond donors (Lipinski definition) is 3. The predicted octanol–water partition coefficient (Wildman–Crippen LogP) is 3.76. The smallest absolute Gasteiger partial charge is 0.405 e. The first kappa shape index (κ1) is 16.9. The summed E-state index contributed by atoms with van der Waals surface area (Å²) in [4.78, 5) is 12.1. The summed E-state index contributed by atoms with van der Waals surface area (Å²) in [6.45, 7) is 0. The number of carbonyl (C=O) groups is 1. The van der Waals surface area contributed by atoms with Gasteiger partial charge in [0.2, 0.25) is 0 Å². The van der Waals surface area contributed by atoms with Gasteiger partial charge in [0.05, 0.1) is 15.8 Å². The highest BCUT2D eigenvalue weighted by molar-refractivity contribution is 9.10. The zero-order valence-corrected chi connectivity index (χ0v) is 13.0. The van der Waals surface area contributed by atoms with Gasteiger partial charge in [0, 0.05) is 11.3 Å². The minimum atomic E-state index is -4.80. The third kappa shape index (κ3) is 4.52. The van der Waals surface area contributed by atoms with E-state index in [1.165, 1.54) is 30.3 Å². The maximum Gasteiger partial charge on any atom is 0.573 e. The first-order chi connectivity index (χ1) is 10.7. The molecule has 0 heterocycles. The fourth-order valence-corrected chi connectivity index (χ4v) is 2.17. The molecule has 0 spiro atoms. The Labute approximate surface area is 137 Å². The van der Waals surface area contributed by atoms with Crippen molar-refractivity contribution in [1.29, 1.82) is 0 Å². The molecule has 9 heteroatoms. The first-order valence-corrected chi connectivity index (χ1v) is 6.96. The Kier molecular flexibility index (Phi) is 4.69. The number of alkyl halides is 3. The van der Waals surface area contributed by atoms with Crippen LogP contribution in [0.3, 0.4) is 0 Å². The Bertz CT molecular complexity index is 751. The maximum absolute atomic E-state index is 12.2. The van der Waals surface area contributed by atoms with Crippen molar-refractivity contribution in [2.24, 2.45) is 0 Å². The van der Waals surface area contributed by atoms with Crippen LogP contribution in [-0.4, -0.2) is 12.3 Å². The second kappa shape index (κ2) is 6.37. The topological polar surface area (TPSA) is 90.4 Å². The van der Waals surface area contributed by atoms with E-state index in [0.29, 0.717) is 5.69 Å². The van der Waals surface area contributed by atoms with Crippen LogP contribution in [0.5, 0.6) is 5.75 Å². The van der Waals surface area contributed by atoms with E-state index in [2.05, 4.69) is 26.0 Å². The van der Waals surface area contributed by atoms with Gasteiger partial charge in [-0.1, -0.05) is 0 Å². The minimum Gasteiger partial charge on any atom is -0.405 e. The van der Waals surface area contributed by atoms with E-state index in [1.54, 1.807) is 0 Å². The molecule has 1 amide bonds. The van der Waals surface area contributed by atoms with Crippen molar-refractivity contribution in [1.82, 2.24) is 0 Å². The lowest BCUT2D eigenvalue weighted by molar-refractivity contribution is -0.274. The van der Waals surface area contributed by atoms with Gasteiger partial charge < -0.3 is 21.5 Å². The van der Waals surface area contributed by atoms with Gasteiger partial charge in [-0.05, 0) is 52.3 Å². The number of hydrogen-bond acceptors (Lipinski definition) is 4. The molecule has 0 aliphatic carbocycles. The molecule has 0 bridgehead atoms. The number of nitrogens with one attached hydrogen (secondary N) is 1. The molecule has 0 aromatic heterocycles. The van der Waals surface area contributed by atoms with Crippen LogP contribution < -0.4 is 21.5 Å². The lowest BCUT2D eigenvalue weighted by atomic mass is 10.1. The largest absolute Gasteiger partial charge is 0.573 e. The molecule has 0 saturated carbocycles. The lowest BCUT2D eigenvalue weighted by Crippen LogP contribution is -2.17. The molecule has 0 fully saturated rings. The Morgan fingerprint density at radius 2 is 1.78 bits per heavy atom. The highest BCUT2D eigenvalue weighted by Gasteiger charge is 2.32. The summed E-state index contributed by atoms with van der Waals surface area (Å²) in [5.41, 5.74) is 12.3. The van der Waals surface area contributed by atoms with E-state index in [9.17, 15) is 18.0 Å². The first-order valence-electron chi connectivity index (χ1n) is 6.17. The number of amides is 1. The molecule has 2 aromatic carbocycles. The average Bonchev–Trinajstić information content (AvgIpc) is 2.43. The van der Waals surface area contributed by atoms with Crippen LogP contribution in [0.4, 0.5) is 30.2 Å². The van der Waals surface area contributed by atoms with Crippen molar-refractivity contribution in [3.8, 4) is 5.75 Å². The quantitative estimate of drug-likeness (QED) is 0.697. The second-order valence-corrected chi connectivity index (χ2v) is 5.35. The van der Waals surface area contributed by atoms with Crippen LogP contribution in [0.2, 0.25) is 0 Å². The van der Waals surface area contributed by atoms with Crippen LogP contribution in [0, 0.1) is 0 Å². The molecule has 122 valence electrons. The molecule has 0 aliphatic heterocycles. The van der Waals surface area contributed by atoms with E-state index < -0.39 is 18.0 Å². The molecule has 5 nitrogen and oxygen atoms in total. The number of anilines is 3. The van der Waals surface area contributed by atoms with Gasteiger partial charge in [0.1, 0.15) is 5.75 Å². The van der Waals surface area contributed by atoms with Crippen molar-refractivity contribution in [2.45, 2.75) is 6.36 Å². The SMILES string of the molecule is Nc1ccc(C(=O)Nc2ccc(OC(F)(F)F)c(Br)c2)cc1N. The number of rotatable bonds is 3. The van der Waals surface area contributed by atoms with E-state index in [4.69, 9.17) is 11.5 Å². The molecule has 0 radical (unpaired) electrons. The molecule has 0 aliphatic rings. The highest BCUT2D eigenvalue weighted by atomic mass is 79.9. The Morgan fingerprint density at radius 3 is 2.35 bits per heavy atom. The summed E-state index contributed by atoms with van der Waals surface area (Å²) >= 11 is 2.95. The number of ether oxygens (including phenoxy) is 1. The third-order valence-corrected chi connectivity index (χ3v) is 3.38. The van der Waals surface area contributed by atoms with Gasteiger partial charge in [0.15, 0.2) is 0 Å². The summed E-state index contributed by atoms with van der Waals surface area (Å²) in [6.07, 6.45) is -4.80. The van der Waals surface area contributed by atoms with Crippen molar-refractivity contribution in [3.05, 3.63) is 46.4 Å². The second-order valence-electron chi connectivity index (χ2n) is 4.49. The summed E-state index contributed by atoms with van der Waals surface area (Å²) in [6, 6.07) is 8.03. The van der Waals surface area contributed by atoms with Gasteiger partial charge in [-0.25, -0.2) is 0 Å². The number of benzene rings is 2.